The summed E-state index contributed by atoms with van der Waals surface area (Å²) in [5, 5.41) is 8.25. The van der Waals surface area contributed by atoms with Crippen LogP contribution in [0.25, 0.3) is 10.2 Å². The number of hydrogen-bond acceptors (Lipinski definition) is 7. The second-order valence-electron chi connectivity index (χ2n) is 6.29. The zero-order valence-electron chi connectivity index (χ0n) is 15.2. The number of fused-ring (bicyclic) bond motifs is 1. The first-order valence-corrected chi connectivity index (χ1v) is 10.8. The molecule has 0 aliphatic carbocycles. The van der Waals surface area contributed by atoms with Crippen molar-refractivity contribution in [2.75, 3.05) is 30.8 Å². The van der Waals surface area contributed by atoms with Gasteiger partial charge in [0, 0.05) is 25.3 Å². The molecule has 1 aromatic carbocycles. The summed E-state index contributed by atoms with van der Waals surface area (Å²) in [5.74, 6) is 0.550. The van der Waals surface area contributed by atoms with Gasteiger partial charge in [-0.05, 0) is 31.0 Å². The molecule has 0 unspecified atom stereocenters. The smallest absolute Gasteiger partial charge is 0.230 e. The number of aromatic nitrogens is 1. The van der Waals surface area contributed by atoms with Crippen LogP contribution in [0.2, 0.25) is 0 Å². The number of nitrogens with one attached hydrogen (secondary N) is 3. The molecule has 2 aliphatic rings. The van der Waals surface area contributed by atoms with Crippen molar-refractivity contribution in [2.45, 2.75) is 29.6 Å². The van der Waals surface area contributed by atoms with Gasteiger partial charge in [0.2, 0.25) is 18.2 Å². The highest BCUT2D eigenvalue weighted by atomic mass is 32.2. The Morgan fingerprint density at radius 1 is 1.46 bits per heavy atom. The maximum absolute atomic E-state index is 11.9. The van der Waals surface area contributed by atoms with E-state index < -0.39 is 0 Å². The summed E-state index contributed by atoms with van der Waals surface area (Å²) in [6.45, 7) is 2.20. The third-order valence-corrected chi connectivity index (χ3v) is 6.28. The lowest BCUT2D eigenvalue weighted by molar-refractivity contribution is -0.120. The minimum atomic E-state index is 0.00284. The third-order valence-electron chi connectivity index (χ3n) is 4.12. The average Bonchev–Trinajstić information content (AvgIpc) is 3.42. The van der Waals surface area contributed by atoms with Crippen LogP contribution in [0.4, 0.5) is 5.69 Å². The van der Waals surface area contributed by atoms with Crippen LogP contribution < -0.4 is 16.0 Å². The van der Waals surface area contributed by atoms with Crippen molar-refractivity contribution in [2.24, 2.45) is 0 Å². The van der Waals surface area contributed by atoms with Crippen LogP contribution in [0.3, 0.4) is 0 Å². The van der Waals surface area contributed by atoms with Crippen molar-refractivity contribution >= 4 is 57.2 Å². The predicted octanol–water partition coefficient (Wildman–Crippen LogP) is 1.76. The number of nitrogens with zero attached hydrogens (tertiary/aromatic N) is 1. The van der Waals surface area contributed by atoms with Gasteiger partial charge >= 0.3 is 0 Å². The average molecular weight is 423 g/mol. The van der Waals surface area contributed by atoms with E-state index in [2.05, 4.69) is 20.9 Å². The summed E-state index contributed by atoms with van der Waals surface area (Å²) in [5.41, 5.74) is 1.61. The topological polar surface area (TPSA) is 109 Å². The fourth-order valence-corrected chi connectivity index (χ4v) is 4.65. The Kier molecular flexibility index (Phi) is 7.63. The molecular weight excluding hydrogens is 400 g/mol. The second-order valence-corrected chi connectivity index (χ2v) is 8.55. The maximum atomic E-state index is 11.9. The van der Waals surface area contributed by atoms with Crippen molar-refractivity contribution in [3.8, 4) is 0 Å². The lowest BCUT2D eigenvalue weighted by atomic mass is 10.3. The van der Waals surface area contributed by atoms with Crippen LogP contribution in [-0.2, 0) is 19.1 Å². The van der Waals surface area contributed by atoms with Gasteiger partial charge in [0.25, 0.3) is 0 Å². The van der Waals surface area contributed by atoms with Crippen molar-refractivity contribution in [3.63, 3.8) is 0 Å². The first kappa shape index (κ1) is 20.6. The van der Waals surface area contributed by atoms with Crippen molar-refractivity contribution < 1.29 is 19.1 Å². The monoisotopic (exact) mass is 422 g/mol. The van der Waals surface area contributed by atoms with Gasteiger partial charge in [-0.15, -0.1) is 11.3 Å². The van der Waals surface area contributed by atoms with E-state index in [4.69, 9.17) is 4.74 Å². The molecule has 10 heteroatoms. The number of rotatable bonds is 6. The van der Waals surface area contributed by atoms with Crippen LogP contribution in [-0.4, -0.2) is 54.8 Å². The highest BCUT2D eigenvalue weighted by Crippen LogP contribution is 2.31. The summed E-state index contributed by atoms with van der Waals surface area (Å²) < 4.78 is 7.06. The van der Waals surface area contributed by atoms with E-state index in [1.807, 2.05) is 12.1 Å². The van der Waals surface area contributed by atoms with Gasteiger partial charge in [-0.3, -0.25) is 14.4 Å². The van der Waals surface area contributed by atoms with E-state index in [1.165, 1.54) is 23.1 Å². The molecule has 2 aliphatic heterocycles. The molecule has 2 fully saturated rings. The Balaban J connectivity index is 0.000000320. The van der Waals surface area contributed by atoms with E-state index >= 15 is 0 Å². The second kappa shape index (κ2) is 10.4. The molecule has 2 saturated heterocycles. The molecule has 150 valence electrons. The van der Waals surface area contributed by atoms with Crippen LogP contribution in [0.5, 0.6) is 0 Å². The van der Waals surface area contributed by atoms with Gasteiger partial charge in [-0.1, -0.05) is 11.8 Å². The molecule has 3 amide bonds. The molecule has 4 rings (SSSR count). The Morgan fingerprint density at radius 3 is 3.00 bits per heavy atom. The fourth-order valence-electron chi connectivity index (χ4n) is 2.73. The van der Waals surface area contributed by atoms with E-state index in [0.717, 1.165) is 46.1 Å². The van der Waals surface area contributed by atoms with Crippen molar-refractivity contribution in [1.82, 2.24) is 15.6 Å². The predicted molar refractivity (Wildman–Crippen MR) is 110 cm³/mol. The number of benzene rings is 1. The Bertz CT molecular complexity index is 828. The first-order valence-electron chi connectivity index (χ1n) is 9.01. The standard InChI is InChI=1S/C14H15N3O3S2.C4H7NO/c18-8-15-9-1-2-11-12(5-9)22-14(17-11)21-7-13(19)16-10-3-4-20-6-10;6-4-2-1-3-5-4/h1-2,5,8,10H,3-4,6-7H2,(H,15,18)(H,16,19);1-3H2,(H,5,6)/t10-;/m1./s1. The Hall–Kier alpha value is -2.17. The normalized spacial score (nSPS) is 18.3. The lowest BCUT2D eigenvalue weighted by Crippen LogP contribution is -2.36. The van der Waals surface area contributed by atoms with E-state index in [9.17, 15) is 14.4 Å². The molecule has 0 bridgehead atoms. The third kappa shape index (κ3) is 6.18. The molecule has 1 atom stereocenters. The molecule has 0 spiro atoms. The number of carbonyl (C=O) groups is 3. The number of amides is 3. The highest BCUT2D eigenvalue weighted by molar-refractivity contribution is 8.01. The van der Waals surface area contributed by atoms with Crippen molar-refractivity contribution in [3.05, 3.63) is 18.2 Å². The molecule has 3 N–H and O–H groups in total. The molecule has 3 heterocycles. The Labute approximate surface area is 170 Å². The largest absolute Gasteiger partial charge is 0.379 e. The van der Waals surface area contributed by atoms with Crippen LogP contribution in [0, 0.1) is 0 Å². The van der Waals surface area contributed by atoms with Gasteiger partial charge in [0.1, 0.15) is 0 Å². The fraction of sp³-hybridized carbons (Fsp3) is 0.444. The summed E-state index contributed by atoms with van der Waals surface area (Å²) in [6.07, 6.45) is 3.29. The summed E-state index contributed by atoms with van der Waals surface area (Å²) in [6, 6.07) is 5.68. The number of hydrogen-bond donors (Lipinski definition) is 3. The summed E-state index contributed by atoms with van der Waals surface area (Å²) in [4.78, 5) is 36.9. The van der Waals surface area contributed by atoms with Gasteiger partial charge in [0.15, 0.2) is 4.34 Å². The first-order chi connectivity index (χ1) is 13.6. The minimum Gasteiger partial charge on any atom is -0.379 e. The van der Waals surface area contributed by atoms with E-state index in [-0.39, 0.29) is 17.9 Å². The van der Waals surface area contributed by atoms with Gasteiger partial charge in [0.05, 0.1) is 28.6 Å². The molecule has 8 nitrogen and oxygen atoms in total. The van der Waals surface area contributed by atoms with E-state index in [0.29, 0.717) is 25.4 Å². The van der Waals surface area contributed by atoms with Gasteiger partial charge in [-0.25, -0.2) is 4.98 Å². The zero-order valence-corrected chi connectivity index (χ0v) is 16.9. The quantitative estimate of drug-likeness (QED) is 0.483. The number of anilines is 1. The zero-order chi connectivity index (χ0) is 19.8. The molecule has 2 aromatic rings. The van der Waals surface area contributed by atoms with E-state index in [1.54, 1.807) is 6.07 Å². The van der Waals surface area contributed by atoms with Gasteiger partial charge in [-0.2, -0.15) is 0 Å². The molecule has 28 heavy (non-hydrogen) atoms. The highest BCUT2D eigenvalue weighted by Gasteiger charge is 2.18. The number of carbonyl (C=O) groups excluding carboxylic acids is 3. The molecule has 1 aromatic heterocycles. The van der Waals surface area contributed by atoms with Crippen molar-refractivity contribution in [1.29, 1.82) is 0 Å². The van der Waals surface area contributed by atoms with Crippen LogP contribution in [0.15, 0.2) is 22.5 Å². The maximum Gasteiger partial charge on any atom is 0.230 e. The summed E-state index contributed by atoms with van der Waals surface area (Å²) in [7, 11) is 0. The molecule has 0 radical (unpaired) electrons. The summed E-state index contributed by atoms with van der Waals surface area (Å²) >= 11 is 2.93. The Morgan fingerprint density at radius 2 is 2.36 bits per heavy atom. The SMILES string of the molecule is O=C1CCCN1.O=CNc1ccc2nc(SCC(=O)N[C@@H]3CCOC3)sc2c1. The number of ether oxygens (including phenoxy) is 1. The molecule has 0 saturated carbocycles. The van der Waals surface area contributed by atoms with Crippen LogP contribution in [0.1, 0.15) is 19.3 Å². The van der Waals surface area contributed by atoms with Gasteiger partial charge < -0.3 is 20.7 Å². The number of thioether (sulfide) groups is 1. The molecular formula is C18H22N4O4S2. The number of thiazole rings is 1. The lowest BCUT2D eigenvalue weighted by Gasteiger charge is -2.09. The minimum absolute atomic E-state index is 0.00284. The van der Waals surface area contributed by atoms with Crippen LogP contribution >= 0.6 is 23.1 Å².